The van der Waals surface area contributed by atoms with E-state index in [0.717, 1.165) is 30.6 Å². The van der Waals surface area contributed by atoms with Gasteiger partial charge < -0.3 is 15.5 Å². The summed E-state index contributed by atoms with van der Waals surface area (Å²) < 4.78 is 0. The molecule has 3 aliphatic rings. The van der Waals surface area contributed by atoms with E-state index in [9.17, 15) is 0 Å². The van der Waals surface area contributed by atoms with Gasteiger partial charge in [0.1, 0.15) is 0 Å². The third kappa shape index (κ3) is 2.84. The number of hydrogen-bond donors (Lipinski definition) is 1. The summed E-state index contributed by atoms with van der Waals surface area (Å²) in [5, 5.41) is 0. The Hall–Kier alpha value is -0.120. The molecule has 0 aromatic carbocycles. The second kappa shape index (κ2) is 6.11. The molecule has 19 heavy (non-hydrogen) atoms. The van der Waals surface area contributed by atoms with Crippen LogP contribution in [-0.4, -0.2) is 54.6 Å². The Morgan fingerprint density at radius 1 is 1.05 bits per heavy atom. The third-order valence-electron chi connectivity index (χ3n) is 6.06. The fraction of sp³-hybridized carbons (Fsp3) is 1.00. The fourth-order valence-corrected chi connectivity index (χ4v) is 4.84. The number of piperidine rings is 1. The van der Waals surface area contributed by atoms with Crippen LogP contribution < -0.4 is 5.73 Å². The highest BCUT2D eigenvalue weighted by Gasteiger charge is 2.37. The van der Waals surface area contributed by atoms with Crippen molar-refractivity contribution in [2.75, 3.05) is 26.7 Å². The minimum absolute atomic E-state index is 0.750. The molecule has 0 amide bonds. The molecule has 0 aromatic heterocycles. The molecule has 3 fully saturated rings. The first-order chi connectivity index (χ1) is 9.29. The average Bonchev–Trinajstić information content (AvgIpc) is 2.93. The fourth-order valence-electron chi connectivity index (χ4n) is 4.84. The van der Waals surface area contributed by atoms with Crippen molar-refractivity contribution in [2.24, 2.45) is 11.7 Å². The van der Waals surface area contributed by atoms with Crippen molar-refractivity contribution in [1.82, 2.24) is 9.80 Å². The Morgan fingerprint density at radius 2 is 1.89 bits per heavy atom. The highest BCUT2D eigenvalue weighted by Crippen LogP contribution is 2.33. The van der Waals surface area contributed by atoms with Crippen LogP contribution in [0.4, 0.5) is 0 Å². The number of hydrogen-bond acceptors (Lipinski definition) is 3. The smallest absolute Gasteiger partial charge is 0.0135 e. The van der Waals surface area contributed by atoms with E-state index in [4.69, 9.17) is 5.73 Å². The average molecular weight is 265 g/mol. The monoisotopic (exact) mass is 265 g/mol. The highest BCUT2D eigenvalue weighted by atomic mass is 15.2. The summed E-state index contributed by atoms with van der Waals surface area (Å²) in [4.78, 5) is 5.46. The summed E-state index contributed by atoms with van der Waals surface area (Å²) in [5.74, 6) is 0.750. The molecule has 1 saturated carbocycles. The summed E-state index contributed by atoms with van der Waals surface area (Å²) in [6, 6.07) is 2.47. The minimum atomic E-state index is 0.750. The Balaban J connectivity index is 1.61. The van der Waals surface area contributed by atoms with Gasteiger partial charge in [-0.05, 0) is 71.1 Å². The van der Waals surface area contributed by atoms with Gasteiger partial charge in [-0.1, -0.05) is 12.8 Å². The molecule has 1 aliphatic carbocycles. The van der Waals surface area contributed by atoms with E-state index < -0.39 is 0 Å². The molecule has 3 nitrogen and oxygen atoms in total. The molecule has 2 heterocycles. The lowest BCUT2D eigenvalue weighted by molar-refractivity contribution is 0.0419. The van der Waals surface area contributed by atoms with Gasteiger partial charge in [-0.3, -0.25) is 0 Å². The van der Waals surface area contributed by atoms with E-state index in [-0.39, 0.29) is 0 Å². The van der Waals surface area contributed by atoms with Gasteiger partial charge in [-0.25, -0.2) is 0 Å². The lowest BCUT2D eigenvalue weighted by atomic mass is 9.82. The molecule has 2 N–H and O–H groups in total. The SMILES string of the molecule is CN(C1CCN2CCCC2C1)C1CCCCC1CN. The van der Waals surface area contributed by atoms with Gasteiger partial charge in [0.15, 0.2) is 0 Å². The second-order valence-electron chi connectivity index (χ2n) is 7.02. The predicted octanol–water partition coefficient (Wildman–Crippen LogP) is 2.06. The summed E-state index contributed by atoms with van der Waals surface area (Å²) in [7, 11) is 2.38. The zero-order chi connectivity index (χ0) is 13.2. The van der Waals surface area contributed by atoms with Gasteiger partial charge in [0.05, 0.1) is 0 Å². The van der Waals surface area contributed by atoms with Crippen LogP contribution in [0.15, 0.2) is 0 Å². The van der Waals surface area contributed by atoms with Crippen molar-refractivity contribution in [3.63, 3.8) is 0 Å². The summed E-state index contributed by atoms with van der Waals surface area (Å²) >= 11 is 0. The molecule has 2 aliphatic heterocycles. The maximum Gasteiger partial charge on any atom is 0.0135 e. The van der Waals surface area contributed by atoms with Crippen LogP contribution >= 0.6 is 0 Å². The first-order valence-electron chi connectivity index (χ1n) is 8.45. The van der Waals surface area contributed by atoms with Gasteiger partial charge in [-0.15, -0.1) is 0 Å². The Labute approximate surface area is 118 Å². The van der Waals surface area contributed by atoms with Crippen LogP contribution in [0.3, 0.4) is 0 Å². The molecular formula is C16H31N3. The van der Waals surface area contributed by atoms with E-state index >= 15 is 0 Å². The van der Waals surface area contributed by atoms with Gasteiger partial charge >= 0.3 is 0 Å². The van der Waals surface area contributed by atoms with Crippen molar-refractivity contribution >= 4 is 0 Å². The first-order valence-corrected chi connectivity index (χ1v) is 8.45. The zero-order valence-electron chi connectivity index (χ0n) is 12.6. The third-order valence-corrected chi connectivity index (χ3v) is 6.06. The number of nitrogens with zero attached hydrogens (tertiary/aromatic N) is 2. The molecule has 2 saturated heterocycles. The molecule has 0 bridgehead atoms. The zero-order valence-corrected chi connectivity index (χ0v) is 12.6. The van der Waals surface area contributed by atoms with Crippen LogP contribution in [0.25, 0.3) is 0 Å². The van der Waals surface area contributed by atoms with E-state index in [1.165, 1.54) is 64.5 Å². The largest absolute Gasteiger partial charge is 0.330 e. The van der Waals surface area contributed by atoms with Crippen LogP contribution in [0.5, 0.6) is 0 Å². The summed E-state index contributed by atoms with van der Waals surface area (Å²) in [6.45, 7) is 3.58. The van der Waals surface area contributed by atoms with E-state index in [1.54, 1.807) is 0 Å². The maximum atomic E-state index is 6.01. The lowest BCUT2D eigenvalue weighted by Crippen LogP contribution is -2.52. The first kappa shape index (κ1) is 13.8. The quantitative estimate of drug-likeness (QED) is 0.848. The molecule has 0 spiro atoms. The van der Waals surface area contributed by atoms with E-state index in [2.05, 4.69) is 16.8 Å². The van der Waals surface area contributed by atoms with Gasteiger partial charge in [0.25, 0.3) is 0 Å². The van der Waals surface area contributed by atoms with Gasteiger partial charge in [-0.2, -0.15) is 0 Å². The molecule has 3 heteroatoms. The van der Waals surface area contributed by atoms with Gasteiger partial charge in [0.2, 0.25) is 0 Å². The Bertz CT molecular complexity index is 294. The standard InChI is InChI=1S/C16H31N3/c1-18(16-7-3-2-5-13(16)12-17)14-8-10-19-9-4-6-15(19)11-14/h13-16H,2-12,17H2,1H3. The molecule has 110 valence electrons. The van der Waals surface area contributed by atoms with E-state index in [0.29, 0.717) is 0 Å². The highest BCUT2D eigenvalue weighted by molar-refractivity contribution is 4.93. The number of rotatable bonds is 3. The minimum Gasteiger partial charge on any atom is -0.330 e. The van der Waals surface area contributed by atoms with Crippen molar-refractivity contribution in [3.8, 4) is 0 Å². The molecule has 4 atom stereocenters. The Kier molecular flexibility index (Phi) is 4.45. The number of nitrogens with two attached hydrogens (primary N) is 1. The summed E-state index contributed by atoms with van der Waals surface area (Å²) in [6.07, 6.45) is 11.2. The second-order valence-corrected chi connectivity index (χ2v) is 7.02. The molecule has 0 aromatic rings. The lowest BCUT2D eigenvalue weighted by Gasteiger charge is -2.45. The van der Waals surface area contributed by atoms with E-state index in [1.807, 2.05) is 0 Å². The number of fused-ring (bicyclic) bond motifs is 1. The van der Waals surface area contributed by atoms with Crippen molar-refractivity contribution in [1.29, 1.82) is 0 Å². The molecule has 3 rings (SSSR count). The van der Waals surface area contributed by atoms with Crippen LogP contribution in [0, 0.1) is 5.92 Å². The maximum absolute atomic E-state index is 6.01. The Morgan fingerprint density at radius 3 is 2.74 bits per heavy atom. The molecular weight excluding hydrogens is 234 g/mol. The topological polar surface area (TPSA) is 32.5 Å². The van der Waals surface area contributed by atoms with Crippen molar-refractivity contribution < 1.29 is 0 Å². The van der Waals surface area contributed by atoms with Crippen molar-refractivity contribution in [2.45, 2.75) is 69.5 Å². The normalized spacial score (nSPS) is 40.6. The predicted molar refractivity (Wildman–Crippen MR) is 80.2 cm³/mol. The van der Waals surface area contributed by atoms with Crippen LogP contribution in [-0.2, 0) is 0 Å². The summed E-state index contributed by atoms with van der Waals surface area (Å²) in [5.41, 5.74) is 6.01. The van der Waals surface area contributed by atoms with Gasteiger partial charge in [0, 0.05) is 18.1 Å². The molecule has 4 unspecified atom stereocenters. The van der Waals surface area contributed by atoms with Crippen LogP contribution in [0.2, 0.25) is 0 Å². The van der Waals surface area contributed by atoms with Crippen LogP contribution in [0.1, 0.15) is 51.4 Å². The van der Waals surface area contributed by atoms with Crippen molar-refractivity contribution in [3.05, 3.63) is 0 Å². The molecule has 0 radical (unpaired) electrons.